The molecule has 2 heteroatoms. The monoisotopic (exact) mass is 382 g/mol. The van der Waals surface area contributed by atoms with Crippen molar-refractivity contribution in [2.45, 2.75) is 135 Å². The minimum absolute atomic E-state index is 0.346. The van der Waals surface area contributed by atoms with Crippen molar-refractivity contribution in [1.29, 1.82) is 0 Å². The second-order valence-corrected chi connectivity index (χ2v) is 14.4. The Morgan fingerprint density at radius 2 is 1.00 bits per heavy atom. The summed E-state index contributed by atoms with van der Waals surface area (Å²) in [7, 11) is -1.52. The summed E-state index contributed by atoms with van der Waals surface area (Å²) >= 11 is 0. The van der Waals surface area contributed by atoms with E-state index in [9.17, 15) is 0 Å². The van der Waals surface area contributed by atoms with Gasteiger partial charge in [0.15, 0.2) is 8.32 Å². The van der Waals surface area contributed by atoms with Crippen LogP contribution in [0.2, 0.25) is 18.1 Å². The van der Waals surface area contributed by atoms with Crippen LogP contribution in [0.15, 0.2) is 12.7 Å². The average molecular weight is 383 g/mol. The molecule has 1 nitrogen and oxygen atoms in total. The highest BCUT2D eigenvalue weighted by atomic mass is 28.4. The molecule has 0 spiro atoms. The molecule has 0 aliphatic heterocycles. The van der Waals surface area contributed by atoms with Crippen LogP contribution in [0.25, 0.3) is 0 Å². The first-order valence-corrected chi connectivity index (χ1v) is 14.5. The van der Waals surface area contributed by atoms with Crippen LogP contribution in [-0.4, -0.2) is 14.9 Å². The lowest BCUT2D eigenvalue weighted by atomic mass is 10.0. The van der Waals surface area contributed by atoms with Crippen molar-refractivity contribution in [3.63, 3.8) is 0 Å². The highest BCUT2D eigenvalue weighted by Gasteiger charge is 2.36. The van der Waals surface area contributed by atoms with E-state index in [1.807, 2.05) is 6.08 Å². The zero-order valence-corrected chi connectivity index (χ0v) is 20.0. The van der Waals surface area contributed by atoms with Crippen molar-refractivity contribution in [3.05, 3.63) is 12.7 Å². The second-order valence-electron chi connectivity index (χ2n) is 9.64. The summed E-state index contributed by atoms with van der Waals surface area (Å²) in [4.78, 5) is 0. The zero-order valence-electron chi connectivity index (χ0n) is 19.0. The van der Waals surface area contributed by atoms with E-state index < -0.39 is 8.32 Å². The Kier molecular flexibility index (Phi) is 15.9. The molecule has 0 aromatic carbocycles. The summed E-state index contributed by atoms with van der Waals surface area (Å²) in [6.07, 6.45) is 22.9. The van der Waals surface area contributed by atoms with Gasteiger partial charge in [-0.2, -0.15) is 0 Å². The number of allylic oxidation sites excluding steroid dienone is 1. The third kappa shape index (κ3) is 15.0. The zero-order chi connectivity index (χ0) is 19.7. The summed E-state index contributed by atoms with van der Waals surface area (Å²) in [6.45, 7) is 16.4. The lowest BCUT2D eigenvalue weighted by Crippen LogP contribution is -2.40. The molecule has 0 rings (SSSR count). The molecule has 0 bridgehead atoms. The Bertz CT molecular complexity index is 317. The van der Waals surface area contributed by atoms with Gasteiger partial charge < -0.3 is 4.43 Å². The largest absolute Gasteiger partial charge is 0.417 e. The molecule has 0 aliphatic carbocycles. The maximum Gasteiger partial charge on any atom is 0.191 e. The first kappa shape index (κ1) is 25.9. The molecule has 0 aromatic rings. The topological polar surface area (TPSA) is 9.23 Å². The van der Waals surface area contributed by atoms with Gasteiger partial charge >= 0.3 is 0 Å². The van der Waals surface area contributed by atoms with Crippen LogP contribution in [0, 0.1) is 0 Å². The van der Waals surface area contributed by atoms with Crippen molar-refractivity contribution in [3.8, 4) is 0 Å². The van der Waals surface area contributed by atoms with Gasteiger partial charge in [-0.15, -0.1) is 6.58 Å². The van der Waals surface area contributed by atoms with Gasteiger partial charge in [-0.25, -0.2) is 0 Å². The van der Waals surface area contributed by atoms with Crippen molar-refractivity contribution < 1.29 is 4.43 Å². The van der Waals surface area contributed by atoms with Crippen molar-refractivity contribution in [2.24, 2.45) is 0 Å². The van der Waals surface area contributed by atoms with Crippen LogP contribution >= 0.6 is 0 Å². The van der Waals surface area contributed by atoms with E-state index in [1.165, 1.54) is 96.3 Å². The summed E-state index contributed by atoms with van der Waals surface area (Å²) in [5.41, 5.74) is 0. The minimum atomic E-state index is -1.52. The smallest absolute Gasteiger partial charge is 0.191 e. The van der Waals surface area contributed by atoms with Crippen LogP contribution in [-0.2, 0) is 4.43 Å². The fourth-order valence-electron chi connectivity index (χ4n) is 3.06. The number of rotatable bonds is 18. The number of unbranched alkanes of at least 4 members (excludes halogenated alkanes) is 14. The molecule has 26 heavy (non-hydrogen) atoms. The minimum Gasteiger partial charge on any atom is -0.417 e. The molecule has 0 saturated carbocycles. The fraction of sp³-hybridized carbons (Fsp3) is 0.917. The van der Waals surface area contributed by atoms with E-state index >= 15 is 0 Å². The molecule has 0 N–H and O–H groups in total. The van der Waals surface area contributed by atoms with Crippen molar-refractivity contribution >= 4 is 8.32 Å². The third-order valence-corrected chi connectivity index (χ3v) is 10.6. The van der Waals surface area contributed by atoms with E-state index in [0.29, 0.717) is 5.04 Å². The molecule has 0 aromatic heterocycles. The highest BCUT2D eigenvalue weighted by molar-refractivity contribution is 6.74. The lowest BCUT2D eigenvalue weighted by molar-refractivity contribution is 0.277. The summed E-state index contributed by atoms with van der Waals surface area (Å²) in [5.74, 6) is 0. The Morgan fingerprint density at radius 1 is 0.654 bits per heavy atom. The molecule has 0 radical (unpaired) electrons. The standard InChI is InChI=1S/C24H50OSi/c1-7-8-9-10-11-12-13-14-15-16-17-18-19-20-21-22-23-25-26(5,6)24(2,3)4/h7H,1,8-23H2,2-6H3. The Morgan fingerprint density at radius 3 is 1.35 bits per heavy atom. The molecule has 0 amide bonds. The third-order valence-electron chi connectivity index (χ3n) is 6.07. The predicted octanol–water partition coefficient (Wildman–Crippen LogP) is 9.05. The van der Waals surface area contributed by atoms with Crippen LogP contribution in [0.1, 0.15) is 117 Å². The molecular formula is C24H50OSi. The predicted molar refractivity (Wildman–Crippen MR) is 123 cm³/mol. The molecule has 0 unspecified atom stereocenters. The van der Waals surface area contributed by atoms with Gasteiger partial charge in [0.1, 0.15) is 0 Å². The van der Waals surface area contributed by atoms with Gasteiger partial charge in [0.2, 0.25) is 0 Å². The van der Waals surface area contributed by atoms with Gasteiger partial charge in [0.25, 0.3) is 0 Å². The van der Waals surface area contributed by atoms with Gasteiger partial charge in [0, 0.05) is 6.61 Å². The van der Waals surface area contributed by atoms with Crippen LogP contribution < -0.4 is 0 Å². The van der Waals surface area contributed by atoms with Crippen LogP contribution in [0.3, 0.4) is 0 Å². The second kappa shape index (κ2) is 15.9. The summed E-state index contributed by atoms with van der Waals surface area (Å²) in [5, 5.41) is 0.346. The van der Waals surface area contributed by atoms with E-state index in [4.69, 9.17) is 4.43 Å². The molecular weight excluding hydrogens is 332 g/mol. The highest BCUT2D eigenvalue weighted by Crippen LogP contribution is 2.36. The van der Waals surface area contributed by atoms with Gasteiger partial charge in [-0.3, -0.25) is 0 Å². The number of hydrogen-bond donors (Lipinski definition) is 0. The van der Waals surface area contributed by atoms with Gasteiger partial charge in [-0.05, 0) is 37.4 Å². The van der Waals surface area contributed by atoms with Crippen molar-refractivity contribution in [1.82, 2.24) is 0 Å². The maximum absolute atomic E-state index is 6.25. The summed E-state index contributed by atoms with van der Waals surface area (Å²) in [6, 6.07) is 0. The van der Waals surface area contributed by atoms with Gasteiger partial charge in [-0.1, -0.05) is 104 Å². The van der Waals surface area contributed by atoms with E-state index in [1.54, 1.807) is 0 Å². The molecule has 0 saturated heterocycles. The lowest BCUT2D eigenvalue weighted by Gasteiger charge is -2.36. The first-order chi connectivity index (χ1) is 12.3. The molecule has 0 fully saturated rings. The van der Waals surface area contributed by atoms with Crippen LogP contribution in [0.5, 0.6) is 0 Å². The van der Waals surface area contributed by atoms with Crippen LogP contribution in [0.4, 0.5) is 0 Å². The molecule has 0 atom stereocenters. The molecule has 0 heterocycles. The fourth-order valence-corrected chi connectivity index (χ4v) is 4.14. The Hall–Kier alpha value is -0.0831. The SMILES string of the molecule is C=CCCCCCCCCCCCCCCCCO[Si](C)(C)C(C)(C)C. The van der Waals surface area contributed by atoms with Gasteiger partial charge in [0.05, 0.1) is 0 Å². The molecule has 0 aliphatic rings. The number of hydrogen-bond acceptors (Lipinski definition) is 1. The molecule has 156 valence electrons. The van der Waals surface area contributed by atoms with E-state index in [-0.39, 0.29) is 0 Å². The Labute approximate surface area is 167 Å². The average Bonchev–Trinajstić information content (AvgIpc) is 2.56. The van der Waals surface area contributed by atoms with Crippen molar-refractivity contribution in [2.75, 3.05) is 6.61 Å². The normalized spacial score (nSPS) is 12.5. The van der Waals surface area contributed by atoms with E-state index in [2.05, 4.69) is 40.4 Å². The first-order valence-electron chi connectivity index (χ1n) is 11.6. The van der Waals surface area contributed by atoms with E-state index in [0.717, 1.165) is 6.61 Å². The quantitative estimate of drug-likeness (QED) is 0.130. The Balaban J connectivity index is 3.22. The summed E-state index contributed by atoms with van der Waals surface area (Å²) < 4.78 is 6.25. The maximum atomic E-state index is 6.25.